The molecular weight excluding hydrogens is 1130 g/mol. The number of guanidine groups is 1. The molecule has 17 nitrogen and oxygen atoms in total. The van der Waals surface area contributed by atoms with Crippen LogP contribution >= 0.6 is 21.6 Å². The number of ketones is 2. The lowest BCUT2D eigenvalue weighted by Crippen LogP contribution is -2.72. The van der Waals surface area contributed by atoms with Crippen LogP contribution in [0.4, 0.5) is 0 Å². The number of nitrogens with zero attached hydrogens (tertiary/aromatic N) is 1. The number of esters is 1. The average Bonchev–Trinajstić information content (AvgIpc) is 1.35. The molecule has 0 amide bonds. The molecule has 466 valence electrons. The van der Waals surface area contributed by atoms with E-state index in [1.807, 2.05) is 31.3 Å². The van der Waals surface area contributed by atoms with Gasteiger partial charge in [0.25, 0.3) is 0 Å². The molecule has 2 saturated heterocycles. The highest BCUT2D eigenvalue weighted by Gasteiger charge is 2.80. The molecule has 1 aromatic carbocycles. The number of aromatic amines is 1. The summed E-state index contributed by atoms with van der Waals surface area (Å²) in [4.78, 5) is 52.9. The molecule has 19 heteroatoms. The van der Waals surface area contributed by atoms with Gasteiger partial charge in [0.05, 0.1) is 53.8 Å². The lowest BCUT2D eigenvalue weighted by Gasteiger charge is -2.69. The van der Waals surface area contributed by atoms with Crippen molar-refractivity contribution in [1.29, 1.82) is 0 Å². The molecular formula is C67H89N5O12S2. The molecule has 2 spiro atoms. The van der Waals surface area contributed by atoms with E-state index in [-0.39, 0.29) is 123 Å². The summed E-state index contributed by atoms with van der Waals surface area (Å²) in [5.74, 6) is 0.203. The highest BCUT2D eigenvalue weighted by atomic mass is 33.1. The van der Waals surface area contributed by atoms with Crippen molar-refractivity contribution in [3.63, 3.8) is 0 Å². The summed E-state index contributed by atoms with van der Waals surface area (Å²) in [5, 5.41) is 106. The molecule has 23 atom stereocenters. The van der Waals surface area contributed by atoms with Crippen molar-refractivity contribution in [2.45, 2.75) is 164 Å². The molecule has 86 heavy (non-hydrogen) atoms. The number of aliphatic imine (C=N–C) groups is 1. The summed E-state index contributed by atoms with van der Waals surface area (Å²) in [6.07, 6.45) is 7.41. The molecule has 2 aliphatic heterocycles. The zero-order valence-corrected chi connectivity index (χ0v) is 51.4. The molecule has 9 aliphatic carbocycles. The molecule has 6 saturated carbocycles. The maximum Gasteiger partial charge on any atom is 0.313 e. The number of fused-ring (bicyclic) bond motifs is 10. The van der Waals surface area contributed by atoms with Crippen LogP contribution in [-0.2, 0) is 19.1 Å². The molecule has 0 radical (unpaired) electrons. The zero-order valence-electron chi connectivity index (χ0n) is 49.8. The van der Waals surface area contributed by atoms with Gasteiger partial charge in [0.1, 0.15) is 5.75 Å². The van der Waals surface area contributed by atoms with Gasteiger partial charge in [-0.1, -0.05) is 65.1 Å². The van der Waals surface area contributed by atoms with Crippen LogP contribution in [0, 0.1) is 105 Å². The molecule has 1 aromatic heterocycles. The fraction of sp³-hybridized carbons (Fsp3) is 0.701. The van der Waals surface area contributed by atoms with E-state index in [2.05, 4.69) is 35.1 Å². The van der Waals surface area contributed by atoms with Gasteiger partial charge in [0.15, 0.2) is 23.8 Å². The number of H-pyrrole nitrogens is 1. The zero-order chi connectivity index (χ0) is 60.6. The van der Waals surface area contributed by atoms with Gasteiger partial charge >= 0.3 is 5.97 Å². The number of carbonyl (C=O) groups is 3. The number of allylic oxidation sites excluding steroid dienone is 3. The number of aliphatic hydroxyl groups excluding tert-OH is 3. The number of nitrogens with two attached hydrogens (primary N) is 2. The first kappa shape index (κ1) is 60.5. The van der Waals surface area contributed by atoms with Gasteiger partial charge in [0, 0.05) is 90.1 Å². The third-order valence-electron chi connectivity index (χ3n) is 25.3. The van der Waals surface area contributed by atoms with Crippen molar-refractivity contribution >= 4 is 45.1 Å². The van der Waals surface area contributed by atoms with Gasteiger partial charge in [0.2, 0.25) is 0 Å². The highest BCUT2D eigenvalue weighted by molar-refractivity contribution is 8.76. The second kappa shape index (κ2) is 22.2. The largest absolute Gasteiger partial charge is 0.508 e. The Morgan fingerprint density at radius 1 is 0.907 bits per heavy atom. The predicted molar refractivity (Wildman–Crippen MR) is 326 cm³/mol. The number of cyclic esters (lactones) is 1. The van der Waals surface area contributed by atoms with E-state index in [9.17, 15) is 45.3 Å². The second-order valence-corrected chi connectivity index (χ2v) is 31.9. The van der Waals surface area contributed by atoms with Crippen molar-refractivity contribution in [3.05, 3.63) is 76.8 Å². The summed E-state index contributed by atoms with van der Waals surface area (Å²) in [6, 6.07) is 8.73. The minimum atomic E-state index is -2.09. The highest BCUT2D eigenvalue weighted by Crippen LogP contribution is 2.78. The summed E-state index contributed by atoms with van der Waals surface area (Å²) >= 11 is 0. The van der Waals surface area contributed by atoms with Crippen LogP contribution in [0.3, 0.4) is 0 Å². The van der Waals surface area contributed by atoms with Crippen molar-refractivity contribution in [3.8, 4) is 17.6 Å². The molecule has 11 aliphatic rings. The Morgan fingerprint density at radius 3 is 2.43 bits per heavy atom. The lowest BCUT2D eigenvalue weighted by molar-refractivity contribution is -0.256. The minimum Gasteiger partial charge on any atom is -0.508 e. The summed E-state index contributed by atoms with van der Waals surface area (Å²) < 4.78 is 6.02. The van der Waals surface area contributed by atoms with E-state index in [0.717, 1.165) is 30.4 Å². The number of benzene rings is 1. The number of hydrogen-bond acceptors (Lipinski definition) is 16. The number of nitrogens with one attached hydrogen (secondary N) is 2. The van der Waals surface area contributed by atoms with Gasteiger partial charge < -0.3 is 67.4 Å². The van der Waals surface area contributed by atoms with E-state index in [1.165, 1.54) is 16.4 Å². The average molecular weight is 1220 g/mol. The van der Waals surface area contributed by atoms with Gasteiger partial charge in [-0.15, -0.1) is 5.92 Å². The molecule has 14 N–H and O–H groups in total. The molecule has 13 rings (SSSR count). The van der Waals surface area contributed by atoms with Crippen molar-refractivity contribution < 1.29 is 60.0 Å². The second-order valence-electron chi connectivity index (χ2n) is 29.3. The number of rotatable bonds is 6. The predicted octanol–water partition coefficient (Wildman–Crippen LogP) is 5.95. The maximum absolute atomic E-state index is 16.3. The summed E-state index contributed by atoms with van der Waals surface area (Å²) in [6.45, 7) is 5.93. The summed E-state index contributed by atoms with van der Waals surface area (Å²) in [7, 11) is 3.06. The molecule has 8 fully saturated rings. The SMILES string of the molecule is CC1CCC2=CCC3C(C(O)O)CC4(O)CCC3(CC(C3COC(=O)C3c3cc[nH]c3)C#CCC3CC5(O)C6=C7NCC(=O)CC(c8ccc(O)cc8)CSSCC8C(O)C(O)CC(C)(C6C6CCC(CN=C(N)N)C5(C6)C3C4(C)O)C8C7=O)C2C1. The van der Waals surface area contributed by atoms with Crippen molar-refractivity contribution in [1.82, 2.24) is 10.3 Å². The van der Waals surface area contributed by atoms with E-state index in [1.54, 1.807) is 36.0 Å². The van der Waals surface area contributed by atoms with Gasteiger partial charge in [-0.3, -0.25) is 19.4 Å². The van der Waals surface area contributed by atoms with Gasteiger partial charge in [-0.2, -0.15) is 0 Å². The number of aliphatic hydroxyl groups is 7. The van der Waals surface area contributed by atoms with Crippen LogP contribution in [0.25, 0.3) is 0 Å². The van der Waals surface area contributed by atoms with E-state index in [0.29, 0.717) is 61.5 Å². The first-order valence-electron chi connectivity index (χ1n) is 32.0. The van der Waals surface area contributed by atoms with Crippen molar-refractivity contribution in [2.24, 2.45) is 110 Å². The smallest absolute Gasteiger partial charge is 0.313 e. The van der Waals surface area contributed by atoms with Crippen LogP contribution < -0.4 is 16.8 Å². The Bertz CT molecular complexity index is 3140. The monoisotopic (exact) mass is 1220 g/mol. The third-order valence-corrected chi connectivity index (χ3v) is 27.8. The number of Topliss-reactive ketones (excluding diaryl/α,β-unsaturated/α-hetero) is 2. The molecule has 3 heterocycles. The van der Waals surface area contributed by atoms with Crippen LogP contribution in [0.2, 0.25) is 0 Å². The Morgan fingerprint density at radius 2 is 1.69 bits per heavy atom. The topological polar surface area (TPSA) is 314 Å². The Hall–Kier alpha value is -4.36. The molecule has 23 unspecified atom stereocenters. The van der Waals surface area contributed by atoms with Crippen LogP contribution in [0.1, 0.15) is 140 Å². The minimum absolute atomic E-state index is 0.00278. The lowest BCUT2D eigenvalue weighted by atomic mass is 9.37. The fourth-order valence-corrected chi connectivity index (χ4v) is 24.5. The quantitative estimate of drug-likeness (QED) is 0.0302. The van der Waals surface area contributed by atoms with Crippen LogP contribution in [0.5, 0.6) is 5.75 Å². The normalized spacial score (nSPS) is 46.5. The van der Waals surface area contributed by atoms with E-state index < -0.39 is 105 Å². The number of ether oxygens (including phenoxy) is 1. The fourth-order valence-electron chi connectivity index (χ4n) is 21.8. The first-order valence-corrected chi connectivity index (χ1v) is 34.4. The number of phenols is 1. The Kier molecular flexibility index (Phi) is 15.7. The maximum atomic E-state index is 16.3. The van der Waals surface area contributed by atoms with Gasteiger partial charge in [-0.05, 0) is 178 Å². The third kappa shape index (κ3) is 9.34. The Labute approximate surface area is 512 Å². The Balaban J connectivity index is 1.02. The number of aromatic nitrogens is 1. The number of phenolic OH excluding ortho intramolecular Hbond substituents is 1. The van der Waals surface area contributed by atoms with Crippen LogP contribution in [-0.4, -0.2) is 136 Å². The van der Waals surface area contributed by atoms with E-state index in [4.69, 9.17) is 21.2 Å². The number of hydrogen-bond donors (Lipinski definition) is 12. The summed E-state index contributed by atoms with van der Waals surface area (Å²) in [5.41, 5.74) is 6.86. The van der Waals surface area contributed by atoms with Gasteiger partial charge in [-0.25, -0.2) is 0 Å². The standard InChI is InChI=1S/C67H89N5O12S2/c1-34-7-8-36-12-16-48-45(59(78)79)26-65(82)19-18-64(48,49(36)21-34)23-37(46-31-84-60(80)51(46)40-17-20-70-28-40)5-4-6-39-25-67(83)54-52(38-9-13-42(29-72-61(68)69)66(67,24-38)58(39)63(65,3)81)62(2)27-50(75)56(76)47-33-86-85-32-41(35-10-14-43(73)15-11-35)22-44(74)30-71-55(54)57(77)53(47)62/h10-12,14-15,17,20,28,34,37-39,41-42,45-53,56,58-59,70-71,73,75-76,78-79,81-83H,6-9,13,16,18-19,21-27,29-33H2,1-3H3,(H4,68,69,72). The number of aromatic hydroxyl groups is 1. The molecule has 2 aromatic rings. The van der Waals surface area contributed by atoms with Crippen molar-refractivity contribution in [2.75, 3.05) is 31.2 Å². The molecule has 6 bridgehead atoms. The number of carbonyl (C=O) groups excluding carboxylic acids is 3. The first-order chi connectivity index (χ1) is 41.0. The van der Waals surface area contributed by atoms with E-state index >= 15 is 9.90 Å². The van der Waals surface area contributed by atoms with Crippen LogP contribution in [0.15, 0.2) is 70.6 Å².